The standard InChI is InChI=1S/C8H11N3O2/c9-4-5-3-6(12)1-2-7(5)11-8(10)13/h1-3,12H,4,9H2,(H3,10,11,13). The molecule has 0 saturated heterocycles. The number of carbonyl (C=O) groups is 1. The van der Waals surface area contributed by atoms with Gasteiger partial charge >= 0.3 is 6.03 Å². The Kier molecular flexibility index (Phi) is 2.71. The van der Waals surface area contributed by atoms with Crippen LogP contribution in [-0.2, 0) is 6.54 Å². The number of hydrogen-bond acceptors (Lipinski definition) is 3. The highest BCUT2D eigenvalue weighted by atomic mass is 16.3. The van der Waals surface area contributed by atoms with E-state index in [0.717, 1.165) is 0 Å². The highest BCUT2D eigenvalue weighted by Gasteiger charge is 2.03. The van der Waals surface area contributed by atoms with Crippen LogP contribution in [0.15, 0.2) is 18.2 Å². The molecule has 70 valence electrons. The summed E-state index contributed by atoms with van der Waals surface area (Å²) in [7, 11) is 0. The molecule has 0 unspecified atom stereocenters. The lowest BCUT2D eigenvalue weighted by molar-refractivity contribution is 0.259. The van der Waals surface area contributed by atoms with Crippen molar-refractivity contribution in [2.24, 2.45) is 11.5 Å². The van der Waals surface area contributed by atoms with Gasteiger partial charge in [-0.3, -0.25) is 0 Å². The maximum atomic E-state index is 10.5. The lowest BCUT2D eigenvalue weighted by Gasteiger charge is -2.07. The van der Waals surface area contributed by atoms with Crippen molar-refractivity contribution in [2.45, 2.75) is 6.54 Å². The number of anilines is 1. The minimum absolute atomic E-state index is 0.107. The van der Waals surface area contributed by atoms with Crippen LogP contribution in [0.25, 0.3) is 0 Å². The lowest BCUT2D eigenvalue weighted by Crippen LogP contribution is -2.20. The van der Waals surface area contributed by atoms with E-state index in [-0.39, 0.29) is 12.3 Å². The number of benzene rings is 1. The van der Waals surface area contributed by atoms with Gasteiger partial charge in [-0.2, -0.15) is 0 Å². The second kappa shape index (κ2) is 3.77. The van der Waals surface area contributed by atoms with Gasteiger partial charge in [-0.05, 0) is 23.8 Å². The highest BCUT2D eigenvalue weighted by Crippen LogP contribution is 2.20. The van der Waals surface area contributed by atoms with Crippen LogP contribution in [0.4, 0.5) is 10.5 Å². The molecule has 0 spiro atoms. The molecule has 0 atom stereocenters. The van der Waals surface area contributed by atoms with Crippen LogP contribution in [0.5, 0.6) is 5.75 Å². The molecule has 0 heterocycles. The molecule has 5 heteroatoms. The van der Waals surface area contributed by atoms with Gasteiger partial charge in [0.15, 0.2) is 0 Å². The van der Waals surface area contributed by atoms with E-state index < -0.39 is 6.03 Å². The number of rotatable bonds is 2. The van der Waals surface area contributed by atoms with Gasteiger partial charge < -0.3 is 21.9 Å². The Bertz CT molecular complexity index is 325. The number of hydrogen-bond donors (Lipinski definition) is 4. The summed E-state index contributed by atoms with van der Waals surface area (Å²) >= 11 is 0. The van der Waals surface area contributed by atoms with Crippen LogP contribution in [0.3, 0.4) is 0 Å². The van der Waals surface area contributed by atoms with E-state index in [1.807, 2.05) is 0 Å². The quantitative estimate of drug-likeness (QED) is 0.495. The van der Waals surface area contributed by atoms with Crippen LogP contribution in [0.2, 0.25) is 0 Å². The number of aromatic hydroxyl groups is 1. The van der Waals surface area contributed by atoms with Gasteiger partial charge in [0.1, 0.15) is 5.75 Å². The maximum Gasteiger partial charge on any atom is 0.316 e. The van der Waals surface area contributed by atoms with Crippen LogP contribution in [0.1, 0.15) is 5.56 Å². The Hall–Kier alpha value is -1.75. The van der Waals surface area contributed by atoms with Crippen LogP contribution < -0.4 is 16.8 Å². The first-order valence-corrected chi connectivity index (χ1v) is 3.72. The van der Waals surface area contributed by atoms with Crippen molar-refractivity contribution >= 4 is 11.7 Å². The van der Waals surface area contributed by atoms with E-state index in [0.29, 0.717) is 11.3 Å². The smallest absolute Gasteiger partial charge is 0.316 e. The monoisotopic (exact) mass is 181 g/mol. The molecule has 5 nitrogen and oxygen atoms in total. The summed E-state index contributed by atoms with van der Waals surface area (Å²) in [6.45, 7) is 0.226. The zero-order chi connectivity index (χ0) is 9.84. The van der Waals surface area contributed by atoms with Gasteiger partial charge in [0, 0.05) is 12.2 Å². The lowest BCUT2D eigenvalue weighted by atomic mass is 10.1. The first kappa shape index (κ1) is 9.34. The number of nitrogens with one attached hydrogen (secondary N) is 1. The summed E-state index contributed by atoms with van der Waals surface area (Å²) in [6, 6.07) is 3.82. The average Bonchev–Trinajstić information content (AvgIpc) is 2.07. The second-order valence-corrected chi connectivity index (χ2v) is 2.53. The molecule has 2 amide bonds. The molecule has 0 aliphatic heterocycles. The Morgan fingerprint density at radius 2 is 2.23 bits per heavy atom. The van der Waals surface area contributed by atoms with Crippen molar-refractivity contribution in [1.29, 1.82) is 0 Å². The Balaban J connectivity index is 2.99. The van der Waals surface area contributed by atoms with Gasteiger partial charge in [-0.25, -0.2) is 4.79 Å². The molecule has 0 saturated carbocycles. The Morgan fingerprint density at radius 3 is 2.77 bits per heavy atom. The van der Waals surface area contributed by atoms with Crippen molar-refractivity contribution in [1.82, 2.24) is 0 Å². The zero-order valence-corrected chi connectivity index (χ0v) is 6.95. The summed E-state index contributed by atoms with van der Waals surface area (Å²) in [6.07, 6.45) is 0. The molecular weight excluding hydrogens is 170 g/mol. The second-order valence-electron chi connectivity index (χ2n) is 2.53. The number of nitrogens with two attached hydrogens (primary N) is 2. The first-order valence-electron chi connectivity index (χ1n) is 3.72. The number of phenolic OH excluding ortho intramolecular Hbond substituents is 1. The van der Waals surface area contributed by atoms with E-state index in [2.05, 4.69) is 5.32 Å². The predicted octanol–water partition coefficient (Wildman–Crippen LogP) is 0.342. The molecule has 1 aromatic rings. The van der Waals surface area contributed by atoms with E-state index in [1.165, 1.54) is 12.1 Å². The van der Waals surface area contributed by atoms with E-state index in [9.17, 15) is 4.79 Å². The summed E-state index contributed by atoms with van der Waals surface area (Å²) in [5.74, 6) is 0.107. The molecular formula is C8H11N3O2. The van der Waals surface area contributed by atoms with Crippen LogP contribution in [-0.4, -0.2) is 11.1 Å². The third-order valence-corrected chi connectivity index (χ3v) is 1.57. The van der Waals surface area contributed by atoms with Crippen molar-refractivity contribution in [2.75, 3.05) is 5.32 Å². The van der Waals surface area contributed by atoms with E-state index >= 15 is 0 Å². The van der Waals surface area contributed by atoms with Gasteiger partial charge in [-0.1, -0.05) is 0 Å². The minimum Gasteiger partial charge on any atom is -0.508 e. The molecule has 6 N–H and O–H groups in total. The van der Waals surface area contributed by atoms with Crippen molar-refractivity contribution in [3.8, 4) is 5.75 Å². The normalized spacial score (nSPS) is 9.62. The Morgan fingerprint density at radius 1 is 1.54 bits per heavy atom. The molecule has 0 bridgehead atoms. The van der Waals surface area contributed by atoms with E-state index in [4.69, 9.17) is 16.6 Å². The number of urea groups is 1. The molecule has 0 aromatic heterocycles. The molecule has 0 aliphatic carbocycles. The topological polar surface area (TPSA) is 101 Å². The minimum atomic E-state index is -0.652. The summed E-state index contributed by atoms with van der Waals surface area (Å²) in [4.78, 5) is 10.5. The number of phenols is 1. The molecule has 0 fully saturated rings. The summed E-state index contributed by atoms with van der Waals surface area (Å²) < 4.78 is 0. The van der Waals surface area contributed by atoms with Crippen molar-refractivity contribution in [3.63, 3.8) is 0 Å². The van der Waals surface area contributed by atoms with Crippen LogP contribution >= 0.6 is 0 Å². The molecule has 1 rings (SSSR count). The third kappa shape index (κ3) is 2.34. The predicted molar refractivity (Wildman–Crippen MR) is 49.2 cm³/mol. The fourth-order valence-electron chi connectivity index (χ4n) is 1.00. The summed E-state index contributed by atoms with van der Waals surface area (Å²) in [5.41, 5.74) is 11.5. The molecule has 0 aliphatic rings. The highest BCUT2D eigenvalue weighted by molar-refractivity contribution is 5.88. The van der Waals surface area contributed by atoms with Crippen LogP contribution in [0, 0.1) is 0 Å². The van der Waals surface area contributed by atoms with Gasteiger partial charge in [0.2, 0.25) is 0 Å². The maximum absolute atomic E-state index is 10.5. The first-order chi connectivity index (χ1) is 6.13. The average molecular weight is 181 g/mol. The number of primary amides is 1. The van der Waals surface area contributed by atoms with Gasteiger partial charge in [0.05, 0.1) is 0 Å². The molecule has 13 heavy (non-hydrogen) atoms. The van der Waals surface area contributed by atoms with Crippen molar-refractivity contribution in [3.05, 3.63) is 23.8 Å². The van der Waals surface area contributed by atoms with Crippen molar-refractivity contribution < 1.29 is 9.90 Å². The van der Waals surface area contributed by atoms with Gasteiger partial charge in [0.25, 0.3) is 0 Å². The van der Waals surface area contributed by atoms with Gasteiger partial charge in [-0.15, -0.1) is 0 Å². The SMILES string of the molecule is NCc1cc(O)ccc1NC(N)=O. The zero-order valence-electron chi connectivity index (χ0n) is 6.95. The number of amides is 2. The van der Waals surface area contributed by atoms with E-state index in [1.54, 1.807) is 6.07 Å². The molecule has 1 aromatic carbocycles. The fourth-order valence-corrected chi connectivity index (χ4v) is 1.00. The fraction of sp³-hybridized carbons (Fsp3) is 0.125. The largest absolute Gasteiger partial charge is 0.508 e. The third-order valence-electron chi connectivity index (χ3n) is 1.57. The number of carbonyl (C=O) groups excluding carboxylic acids is 1. The Labute approximate surface area is 75.3 Å². The molecule has 0 radical (unpaired) electrons. The summed E-state index contributed by atoms with van der Waals surface area (Å²) in [5, 5.41) is 11.5.